The molecule has 0 bridgehead atoms. The van der Waals surface area contributed by atoms with Crippen molar-refractivity contribution in [1.29, 1.82) is 0 Å². The lowest BCUT2D eigenvalue weighted by atomic mass is 9.99. The van der Waals surface area contributed by atoms with Crippen LogP contribution in [0.3, 0.4) is 0 Å². The number of rotatable bonds is 8. The van der Waals surface area contributed by atoms with E-state index >= 15 is 0 Å². The molecule has 3 rings (SSSR count). The molecule has 1 unspecified atom stereocenters. The molecular weight excluding hydrogens is 489 g/mol. The number of halogens is 1. The maximum atomic E-state index is 5.20. The maximum Gasteiger partial charge on any atom is 0.194 e. The van der Waals surface area contributed by atoms with Crippen molar-refractivity contribution >= 4 is 29.9 Å². The van der Waals surface area contributed by atoms with E-state index in [-0.39, 0.29) is 24.0 Å². The number of likely N-dealkylation sites (tertiary alicyclic amines) is 1. The van der Waals surface area contributed by atoms with Crippen LogP contribution in [0.5, 0.6) is 0 Å². The minimum absolute atomic E-state index is 0. The number of guanidine groups is 1. The van der Waals surface area contributed by atoms with Gasteiger partial charge in [-0.25, -0.2) is 4.99 Å². The average Bonchev–Trinajstić information content (AvgIpc) is 3.29. The van der Waals surface area contributed by atoms with Crippen molar-refractivity contribution < 1.29 is 4.74 Å². The Balaban J connectivity index is 0.00000320. The first-order valence-corrected chi connectivity index (χ1v) is 10.7. The van der Waals surface area contributed by atoms with Crippen LogP contribution in [-0.4, -0.2) is 54.0 Å². The first kappa shape index (κ1) is 24.7. The highest BCUT2D eigenvalue weighted by Crippen LogP contribution is 2.21. The van der Waals surface area contributed by atoms with Crippen molar-refractivity contribution in [1.82, 2.24) is 20.0 Å². The highest BCUT2D eigenvalue weighted by Gasteiger charge is 2.25. The van der Waals surface area contributed by atoms with Crippen molar-refractivity contribution in [2.24, 2.45) is 10.9 Å². The molecule has 1 fully saturated rings. The summed E-state index contributed by atoms with van der Waals surface area (Å²) >= 11 is 0. The third kappa shape index (κ3) is 6.44. The lowest BCUT2D eigenvalue weighted by molar-refractivity contribution is 0.182. The molecule has 0 amide bonds. The fourth-order valence-electron chi connectivity index (χ4n) is 4.08. The van der Waals surface area contributed by atoms with Crippen LogP contribution in [0.1, 0.15) is 35.9 Å². The van der Waals surface area contributed by atoms with E-state index in [1.165, 1.54) is 23.2 Å². The van der Waals surface area contributed by atoms with E-state index in [1.807, 2.05) is 4.68 Å². The van der Waals surface area contributed by atoms with Crippen molar-refractivity contribution in [2.75, 3.05) is 33.4 Å². The fraction of sp³-hybridized carbons (Fsp3) is 0.565. The van der Waals surface area contributed by atoms with Crippen molar-refractivity contribution in [3.63, 3.8) is 0 Å². The Kier molecular flexibility index (Phi) is 10.1. The average molecular weight is 525 g/mol. The molecule has 0 aliphatic carbocycles. The van der Waals surface area contributed by atoms with Crippen molar-refractivity contribution in [3.8, 4) is 0 Å². The molecule has 0 radical (unpaired) electrons. The van der Waals surface area contributed by atoms with Gasteiger partial charge in [0.25, 0.3) is 0 Å². The van der Waals surface area contributed by atoms with Gasteiger partial charge in [-0.1, -0.05) is 30.3 Å². The zero-order chi connectivity index (χ0) is 20.6. The Morgan fingerprint density at radius 3 is 2.73 bits per heavy atom. The summed E-state index contributed by atoms with van der Waals surface area (Å²) in [5, 5.41) is 8.15. The molecule has 1 N–H and O–H groups in total. The van der Waals surface area contributed by atoms with Gasteiger partial charge in [0.05, 0.1) is 25.4 Å². The van der Waals surface area contributed by atoms with Crippen LogP contribution in [-0.2, 0) is 24.2 Å². The van der Waals surface area contributed by atoms with E-state index in [9.17, 15) is 0 Å². The SMILES string of the molecule is CCNC(=NCc1c(C)nn(CCOC)c1C)N1CCC(Cc2ccccc2)C1.I. The topological polar surface area (TPSA) is 54.7 Å². The zero-order valence-electron chi connectivity index (χ0n) is 18.7. The molecule has 1 atom stereocenters. The molecular formula is C23H36IN5O. The molecule has 2 aromatic rings. The van der Waals surface area contributed by atoms with Crippen molar-refractivity contribution in [3.05, 3.63) is 52.8 Å². The van der Waals surface area contributed by atoms with Crippen LogP contribution in [0, 0.1) is 19.8 Å². The number of nitrogens with one attached hydrogen (secondary N) is 1. The number of benzene rings is 1. The van der Waals surface area contributed by atoms with E-state index in [2.05, 4.69) is 66.4 Å². The Morgan fingerprint density at radius 2 is 2.03 bits per heavy atom. The van der Waals surface area contributed by atoms with Gasteiger partial charge in [-0.2, -0.15) is 5.10 Å². The molecule has 0 spiro atoms. The minimum atomic E-state index is 0. The lowest BCUT2D eigenvalue weighted by Crippen LogP contribution is -2.40. The number of hydrogen-bond acceptors (Lipinski definition) is 3. The molecule has 1 saturated heterocycles. The normalized spacial score (nSPS) is 16.6. The van der Waals surface area contributed by atoms with Gasteiger partial charge in [0.2, 0.25) is 0 Å². The highest BCUT2D eigenvalue weighted by molar-refractivity contribution is 14.0. The molecule has 1 aliphatic rings. The van der Waals surface area contributed by atoms with E-state index in [1.54, 1.807) is 7.11 Å². The molecule has 1 aliphatic heterocycles. The summed E-state index contributed by atoms with van der Waals surface area (Å²) in [5.74, 6) is 1.70. The van der Waals surface area contributed by atoms with E-state index in [0.29, 0.717) is 19.1 Å². The molecule has 2 heterocycles. The Morgan fingerprint density at radius 1 is 1.27 bits per heavy atom. The lowest BCUT2D eigenvalue weighted by Gasteiger charge is -2.22. The molecule has 30 heavy (non-hydrogen) atoms. The van der Waals surface area contributed by atoms with E-state index < -0.39 is 0 Å². The van der Waals surface area contributed by atoms with Crippen LogP contribution in [0.15, 0.2) is 35.3 Å². The number of nitrogens with zero attached hydrogens (tertiary/aromatic N) is 4. The maximum absolute atomic E-state index is 5.20. The van der Waals surface area contributed by atoms with Crippen LogP contribution in [0.2, 0.25) is 0 Å². The predicted molar refractivity (Wildman–Crippen MR) is 134 cm³/mol. The largest absolute Gasteiger partial charge is 0.383 e. The Bertz CT molecular complexity index is 805. The van der Waals surface area contributed by atoms with Crippen molar-refractivity contribution in [2.45, 2.75) is 46.7 Å². The minimum Gasteiger partial charge on any atom is -0.383 e. The van der Waals surface area contributed by atoms with Gasteiger partial charge in [0, 0.05) is 38.0 Å². The van der Waals surface area contributed by atoms with Crippen LogP contribution in [0.4, 0.5) is 0 Å². The standard InChI is InChI=1S/C23H35N5O.HI/c1-5-24-23(25-16-22-18(2)26-28(19(22)3)13-14-29-4)27-12-11-21(17-27)15-20-9-7-6-8-10-20;/h6-10,21H,5,11-17H2,1-4H3,(H,24,25);1H. The summed E-state index contributed by atoms with van der Waals surface area (Å²) in [6.07, 6.45) is 2.35. The van der Waals surface area contributed by atoms with Gasteiger partial charge in [-0.15, -0.1) is 24.0 Å². The van der Waals surface area contributed by atoms with E-state index in [0.717, 1.165) is 44.3 Å². The summed E-state index contributed by atoms with van der Waals surface area (Å²) in [4.78, 5) is 7.38. The van der Waals surface area contributed by atoms with Gasteiger partial charge < -0.3 is 15.0 Å². The van der Waals surface area contributed by atoms with Gasteiger partial charge in [-0.3, -0.25) is 4.68 Å². The third-order valence-electron chi connectivity index (χ3n) is 5.71. The summed E-state index contributed by atoms with van der Waals surface area (Å²) in [5.41, 5.74) is 4.89. The molecule has 7 heteroatoms. The van der Waals surface area contributed by atoms with Crippen LogP contribution < -0.4 is 5.32 Å². The molecule has 166 valence electrons. The summed E-state index contributed by atoms with van der Waals surface area (Å²) in [7, 11) is 1.72. The van der Waals surface area contributed by atoms with Gasteiger partial charge in [-0.05, 0) is 45.1 Å². The summed E-state index contributed by atoms with van der Waals surface area (Å²) in [6.45, 7) is 11.4. The summed E-state index contributed by atoms with van der Waals surface area (Å²) < 4.78 is 7.23. The molecule has 1 aromatic carbocycles. The second kappa shape index (κ2) is 12.3. The zero-order valence-corrected chi connectivity index (χ0v) is 21.1. The number of aliphatic imine (C=N–C) groups is 1. The summed E-state index contributed by atoms with van der Waals surface area (Å²) in [6, 6.07) is 10.8. The Hall–Kier alpha value is -1.61. The smallest absolute Gasteiger partial charge is 0.194 e. The number of aryl methyl sites for hydroxylation is 1. The second-order valence-corrected chi connectivity index (χ2v) is 7.83. The monoisotopic (exact) mass is 525 g/mol. The number of methoxy groups -OCH3 is 1. The van der Waals surface area contributed by atoms with Gasteiger partial charge in [0.1, 0.15) is 0 Å². The van der Waals surface area contributed by atoms with Gasteiger partial charge in [0.15, 0.2) is 5.96 Å². The van der Waals surface area contributed by atoms with Gasteiger partial charge >= 0.3 is 0 Å². The molecule has 1 aromatic heterocycles. The number of aromatic nitrogens is 2. The predicted octanol–water partition coefficient (Wildman–Crippen LogP) is 3.79. The first-order valence-electron chi connectivity index (χ1n) is 10.7. The third-order valence-corrected chi connectivity index (χ3v) is 5.71. The fourth-order valence-corrected chi connectivity index (χ4v) is 4.08. The first-order chi connectivity index (χ1) is 14.1. The second-order valence-electron chi connectivity index (χ2n) is 7.83. The number of ether oxygens (including phenoxy) is 1. The van der Waals surface area contributed by atoms with Crippen LogP contribution >= 0.6 is 24.0 Å². The quantitative estimate of drug-likeness (QED) is 0.324. The Labute approximate surface area is 198 Å². The molecule has 6 nitrogen and oxygen atoms in total. The van der Waals surface area contributed by atoms with E-state index in [4.69, 9.17) is 9.73 Å². The highest BCUT2D eigenvalue weighted by atomic mass is 127. The van der Waals surface area contributed by atoms with Crippen LogP contribution in [0.25, 0.3) is 0 Å². The number of hydrogen-bond donors (Lipinski definition) is 1. The molecule has 0 saturated carbocycles.